The molecule has 2 nitrogen and oxygen atoms in total. The summed E-state index contributed by atoms with van der Waals surface area (Å²) < 4.78 is 57.6. The van der Waals surface area contributed by atoms with E-state index in [4.69, 9.17) is 4.78 Å². The van der Waals surface area contributed by atoms with Crippen molar-refractivity contribution in [1.29, 1.82) is 4.78 Å². The van der Waals surface area contributed by atoms with Crippen LogP contribution in [-0.4, -0.2) is 10.5 Å². The number of alkyl halides is 3. The lowest BCUT2D eigenvalue weighted by Crippen LogP contribution is -2.11. The van der Waals surface area contributed by atoms with Crippen molar-refractivity contribution in [3.05, 3.63) is 62.1 Å². The van der Waals surface area contributed by atoms with Crippen molar-refractivity contribution in [2.45, 2.75) is 11.1 Å². The highest BCUT2D eigenvalue weighted by Gasteiger charge is 2.35. The predicted molar refractivity (Wildman–Crippen MR) is 93.4 cm³/mol. The molecule has 0 saturated heterocycles. The smallest absolute Gasteiger partial charge is 0.249 e. The molecular weight excluding hydrogens is 494 g/mol. The molecule has 0 heterocycles. The number of hydrogen-bond acceptors (Lipinski definition) is 2. The van der Waals surface area contributed by atoms with Gasteiger partial charge in [0.25, 0.3) is 0 Å². The highest BCUT2D eigenvalue weighted by atomic mass is 127. The second-order valence-electron chi connectivity index (χ2n) is 4.28. The average Bonchev–Trinajstić information content (AvgIpc) is 2.38. The fraction of sp³-hybridized carbons (Fsp3) is 0.143. The van der Waals surface area contributed by atoms with Crippen LogP contribution < -0.4 is 0 Å². The number of rotatable bonds is 1. The molecule has 0 aromatic heterocycles. The molecule has 8 heteroatoms. The van der Waals surface area contributed by atoms with Gasteiger partial charge in [0.05, 0.1) is 20.2 Å². The largest absolute Gasteiger partial charge is 0.417 e. The zero-order valence-corrected chi connectivity index (χ0v) is 15.9. The molecule has 0 spiro atoms. The van der Waals surface area contributed by atoms with Gasteiger partial charge in [-0.25, -0.2) is 8.99 Å². The Morgan fingerprint density at radius 3 is 2.05 bits per heavy atom. The second kappa shape index (κ2) is 7.78. The van der Waals surface area contributed by atoms with Crippen LogP contribution in [0.25, 0.3) is 0 Å². The maximum Gasteiger partial charge on any atom is 0.417 e. The van der Waals surface area contributed by atoms with E-state index in [9.17, 15) is 17.4 Å². The maximum atomic E-state index is 12.5. The summed E-state index contributed by atoms with van der Waals surface area (Å²) in [6.07, 6.45) is -3.63. The van der Waals surface area contributed by atoms with E-state index in [2.05, 4.69) is 50.7 Å². The second-order valence-corrected chi connectivity index (χ2v) is 8.57. The van der Waals surface area contributed by atoms with E-state index < -0.39 is 26.4 Å². The third kappa shape index (κ3) is 6.25. The van der Waals surface area contributed by atoms with Gasteiger partial charge in [0.15, 0.2) is 0 Å². The molecule has 0 saturated carbocycles. The summed E-state index contributed by atoms with van der Waals surface area (Å²) in [6, 6.07) is 13.4. The molecule has 2 rings (SSSR count). The van der Waals surface area contributed by atoms with E-state index >= 15 is 0 Å². The first kappa shape index (κ1) is 19.4. The number of nitrogens with one attached hydrogen (secondary N) is 1. The molecule has 0 aliphatic carbocycles. The molecule has 0 aliphatic heterocycles. The first-order chi connectivity index (χ1) is 10.0. The summed E-state index contributed by atoms with van der Waals surface area (Å²) in [5, 5.41) is 0. The van der Waals surface area contributed by atoms with Gasteiger partial charge >= 0.3 is 6.18 Å². The van der Waals surface area contributed by atoms with E-state index in [1.165, 1.54) is 9.64 Å². The van der Waals surface area contributed by atoms with Gasteiger partial charge in [-0.2, -0.15) is 13.2 Å². The molecule has 1 N–H and O–H groups in total. The van der Waals surface area contributed by atoms with E-state index in [1.54, 1.807) is 0 Å². The van der Waals surface area contributed by atoms with E-state index in [-0.39, 0.29) is 4.47 Å². The highest BCUT2D eigenvalue weighted by molar-refractivity contribution is 14.1. The van der Waals surface area contributed by atoms with Crippen molar-refractivity contribution in [3.63, 3.8) is 0 Å². The van der Waals surface area contributed by atoms with Crippen molar-refractivity contribution < 1.29 is 17.4 Å². The summed E-state index contributed by atoms with van der Waals surface area (Å²) in [4.78, 5) is -0.488. The van der Waals surface area contributed by atoms with Crippen LogP contribution in [0, 0.1) is 8.35 Å². The Balaban J connectivity index is 0.000000287. The molecule has 0 aliphatic rings. The summed E-state index contributed by atoms with van der Waals surface area (Å²) in [5.74, 6) is 0. The predicted octanol–water partition coefficient (Wildman–Crippen LogP) is 5.79. The third-order valence-corrected chi connectivity index (χ3v) is 4.81. The van der Waals surface area contributed by atoms with Crippen molar-refractivity contribution in [2.24, 2.45) is 0 Å². The summed E-state index contributed by atoms with van der Waals surface area (Å²) in [6.45, 7) is 0. The zero-order chi connectivity index (χ0) is 17.0. The monoisotopic (exact) mass is 505 g/mol. The van der Waals surface area contributed by atoms with Crippen molar-refractivity contribution in [1.82, 2.24) is 0 Å². The zero-order valence-electron chi connectivity index (χ0n) is 11.3. The van der Waals surface area contributed by atoms with Crippen LogP contribution >= 0.6 is 38.5 Å². The first-order valence-electron chi connectivity index (χ1n) is 5.83. The minimum absolute atomic E-state index is 0.238. The minimum atomic E-state index is -4.60. The summed E-state index contributed by atoms with van der Waals surface area (Å²) in [5.41, 5.74) is -1.03. The molecule has 0 amide bonds. The van der Waals surface area contributed by atoms with Crippen LogP contribution in [0.4, 0.5) is 13.2 Å². The SMILES string of the molecule is CS(=N)(=O)c1ccc(Br)cc1C(F)(F)F.Ic1ccccc1. The van der Waals surface area contributed by atoms with Crippen LogP contribution in [0.15, 0.2) is 57.9 Å². The quantitative estimate of drug-likeness (QED) is 0.489. The molecule has 22 heavy (non-hydrogen) atoms. The topological polar surface area (TPSA) is 40.9 Å². The number of benzene rings is 2. The van der Waals surface area contributed by atoms with Crippen molar-refractivity contribution in [3.8, 4) is 0 Å². The highest BCUT2D eigenvalue weighted by Crippen LogP contribution is 2.35. The number of hydrogen-bond donors (Lipinski definition) is 1. The van der Waals surface area contributed by atoms with E-state index in [1.807, 2.05) is 18.2 Å². The lowest BCUT2D eigenvalue weighted by atomic mass is 10.2. The summed E-state index contributed by atoms with van der Waals surface area (Å²) in [7, 11) is -3.37. The van der Waals surface area contributed by atoms with Gasteiger partial charge in [0.2, 0.25) is 0 Å². The molecule has 0 bridgehead atoms. The van der Waals surface area contributed by atoms with E-state index in [0.717, 1.165) is 18.4 Å². The molecular formula is C14H12BrF3INOS. The third-order valence-electron chi connectivity index (χ3n) is 2.40. The van der Waals surface area contributed by atoms with Gasteiger partial charge in [0.1, 0.15) is 0 Å². The lowest BCUT2D eigenvalue weighted by molar-refractivity contribution is -0.139. The molecule has 120 valence electrons. The van der Waals surface area contributed by atoms with Gasteiger partial charge in [-0.05, 0) is 52.9 Å². The van der Waals surface area contributed by atoms with Crippen LogP contribution in [0.5, 0.6) is 0 Å². The lowest BCUT2D eigenvalue weighted by Gasteiger charge is -2.12. The standard InChI is InChI=1S/C8H7BrF3NOS.C6H5I/c1-15(13,14)7-3-2-5(9)4-6(7)8(10,11)12;7-6-4-2-1-3-5-6/h2-4,13H,1H3;1-5H. The van der Waals surface area contributed by atoms with Crippen LogP contribution in [0.2, 0.25) is 0 Å². The van der Waals surface area contributed by atoms with Crippen LogP contribution in [-0.2, 0) is 15.9 Å². The molecule has 0 radical (unpaired) electrons. The maximum absolute atomic E-state index is 12.5. The van der Waals surface area contributed by atoms with Crippen LogP contribution in [0.3, 0.4) is 0 Å². The Bertz CT molecular complexity index is 733. The Morgan fingerprint density at radius 1 is 1.14 bits per heavy atom. The van der Waals surface area contributed by atoms with Crippen molar-refractivity contribution in [2.75, 3.05) is 6.26 Å². The Morgan fingerprint density at radius 2 is 1.68 bits per heavy atom. The van der Waals surface area contributed by atoms with Gasteiger partial charge in [0, 0.05) is 14.3 Å². The molecule has 0 fully saturated rings. The Kier molecular flexibility index (Phi) is 6.87. The Hall–Kier alpha value is -0.610. The van der Waals surface area contributed by atoms with Gasteiger partial charge in [-0.3, -0.25) is 0 Å². The molecule has 1 atom stereocenters. The van der Waals surface area contributed by atoms with Gasteiger partial charge < -0.3 is 0 Å². The van der Waals surface area contributed by atoms with Crippen molar-refractivity contribution >= 4 is 48.2 Å². The fourth-order valence-electron chi connectivity index (χ4n) is 1.48. The molecule has 2 aromatic rings. The average molecular weight is 506 g/mol. The molecule has 2 aromatic carbocycles. The van der Waals surface area contributed by atoms with E-state index in [0.29, 0.717) is 0 Å². The number of halogens is 5. The van der Waals surface area contributed by atoms with Gasteiger partial charge in [-0.1, -0.05) is 34.1 Å². The van der Waals surface area contributed by atoms with Gasteiger partial charge in [-0.15, -0.1) is 0 Å². The normalized spacial score (nSPS) is 13.7. The van der Waals surface area contributed by atoms with Crippen LogP contribution in [0.1, 0.15) is 5.56 Å². The first-order valence-corrected chi connectivity index (χ1v) is 9.66. The molecule has 1 unspecified atom stereocenters. The fourth-order valence-corrected chi connectivity index (χ4v) is 3.18. The Labute approximate surface area is 149 Å². The summed E-state index contributed by atoms with van der Waals surface area (Å²) >= 11 is 5.18. The minimum Gasteiger partial charge on any atom is -0.249 e.